The summed E-state index contributed by atoms with van der Waals surface area (Å²) >= 11 is 2.04. The number of hydrogen-bond acceptors (Lipinski definition) is 9. The molecule has 0 saturated carbocycles. The van der Waals surface area contributed by atoms with Gasteiger partial charge in [-0.25, -0.2) is 4.90 Å². The van der Waals surface area contributed by atoms with Crippen molar-refractivity contribution in [3.8, 4) is 0 Å². The number of nitro benzene ring substituents is 1. The Balaban J connectivity index is 1.26. The van der Waals surface area contributed by atoms with E-state index in [0.717, 1.165) is 38.8 Å². The molecule has 11 nitrogen and oxygen atoms in total. The van der Waals surface area contributed by atoms with Gasteiger partial charge in [-0.1, -0.05) is 65.6 Å². The monoisotopic (exact) mass is 623 g/mol. The van der Waals surface area contributed by atoms with Crippen LogP contribution in [0.15, 0.2) is 101 Å². The van der Waals surface area contributed by atoms with Gasteiger partial charge in [0.1, 0.15) is 11.8 Å². The zero-order chi connectivity index (χ0) is 30.5. The number of nitrogens with zero attached hydrogens (tertiary/aromatic N) is 4. The molecule has 13 heteroatoms. The number of hydrogen-bond donors (Lipinski definition) is 1. The minimum atomic E-state index is -0.892. The lowest BCUT2D eigenvalue weighted by Gasteiger charge is -2.30. The Labute approximate surface area is 257 Å². The highest BCUT2D eigenvalue weighted by Crippen LogP contribution is 2.53. The van der Waals surface area contributed by atoms with Gasteiger partial charge in [0.15, 0.2) is 0 Å². The van der Waals surface area contributed by atoms with Crippen molar-refractivity contribution in [2.75, 3.05) is 10.2 Å². The third kappa shape index (κ3) is 4.57. The second kappa shape index (κ2) is 10.8. The minimum Gasteiger partial charge on any atom is -0.324 e. The number of thiazole rings is 1. The van der Waals surface area contributed by atoms with Crippen LogP contribution in [-0.4, -0.2) is 37.4 Å². The molecule has 3 unspecified atom stereocenters. The van der Waals surface area contributed by atoms with Gasteiger partial charge in [-0.3, -0.25) is 38.8 Å². The second-order valence-corrected chi connectivity index (χ2v) is 12.4. The van der Waals surface area contributed by atoms with Crippen LogP contribution in [0.4, 0.5) is 17.1 Å². The molecule has 3 aromatic carbocycles. The van der Waals surface area contributed by atoms with Crippen molar-refractivity contribution in [2.24, 2.45) is 5.92 Å². The lowest BCUT2D eigenvalue weighted by molar-refractivity contribution is -0.384. The Morgan fingerprint density at radius 2 is 1.73 bits per heavy atom. The molecule has 7 rings (SSSR count). The van der Waals surface area contributed by atoms with Gasteiger partial charge in [-0.2, -0.15) is 0 Å². The average molecular weight is 624 g/mol. The number of thioether (sulfide) groups is 1. The van der Waals surface area contributed by atoms with Gasteiger partial charge in [0.2, 0.25) is 17.7 Å². The summed E-state index contributed by atoms with van der Waals surface area (Å²) in [7, 11) is 0. The summed E-state index contributed by atoms with van der Waals surface area (Å²) in [6, 6.07) is 21.9. The number of nitro groups is 1. The van der Waals surface area contributed by atoms with E-state index >= 15 is 0 Å². The van der Waals surface area contributed by atoms with E-state index in [1.807, 2.05) is 36.4 Å². The van der Waals surface area contributed by atoms with Crippen LogP contribution >= 0.6 is 23.1 Å². The number of nitrogens with one attached hydrogen (secondary N) is 1. The Morgan fingerprint density at radius 1 is 0.955 bits per heavy atom. The van der Waals surface area contributed by atoms with Gasteiger partial charge in [0, 0.05) is 46.4 Å². The molecule has 1 fully saturated rings. The molecule has 1 saturated heterocycles. The second-order valence-electron chi connectivity index (χ2n) is 10.3. The first-order valence-electron chi connectivity index (χ1n) is 13.5. The number of pyridine rings is 1. The number of fused-ring (bicyclic) bond motifs is 3. The number of carbonyl (C=O) groups excluding carboxylic acids is 3. The van der Waals surface area contributed by atoms with Crippen molar-refractivity contribution in [3.05, 3.63) is 121 Å². The van der Waals surface area contributed by atoms with Crippen LogP contribution in [-0.2, 0) is 20.9 Å². The van der Waals surface area contributed by atoms with Gasteiger partial charge >= 0.3 is 4.87 Å². The van der Waals surface area contributed by atoms with Crippen LogP contribution in [0.2, 0.25) is 0 Å². The minimum absolute atomic E-state index is 0.166. The Hall–Kier alpha value is -5.14. The molecule has 44 heavy (non-hydrogen) atoms. The maximum atomic E-state index is 13.9. The lowest BCUT2D eigenvalue weighted by atomic mass is 9.84. The highest BCUT2D eigenvalue weighted by atomic mass is 32.2. The normalized spacial score (nSPS) is 19.1. The van der Waals surface area contributed by atoms with E-state index in [9.17, 15) is 29.3 Å². The van der Waals surface area contributed by atoms with E-state index in [4.69, 9.17) is 0 Å². The van der Waals surface area contributed by atoms with E-state index in [1.54, 1.807) is 30.6 Å². The van der Waals surface area contributed by atoms with Crippen molar-refractivity contribution in [3.63, 3.8) is 0 Å². The molecule has 0 bridgehead atoms. The number of imide groups is 1. The first-order chi connectivity index (χ1) is 21.3. The van der Waals surface area contributed by atoms with Crippen LogP contribution in [0, 0.1) is 16.0 Å². The fourth-order valence-corrected chi connectivity index (χ4v) is 8.59. The van der Waals surface area contributed by atoms with E-state index in [2.05, 4.69) is 10.3 Å². The quantitative estimate of drug-likeness (QED) is 0.161. The first kappa shape index (κ1) is 27.7. The molecule has 0 radical (unpaired) electrons. The van der Waals surface area contributed by atoms with Gasteiger partial charge in [0.25, 0.3) is 5.69 Å². The van der Waals surface area contributed by atoms with Gasteiger partial charge < -0.3 is 5.32 Å². The molecule has 3 atom stereocenters. The first-order valence-corrected chi connectivity index (χ1v) is 15.2. The summed E-state index contributed by atoms with van der Waals surface area (Å²) in [6.45, 7) is -0.285. The van der Waals surface area contributed by atoms with E-state index in [1.165, 1.54) is 28.8 Å². The Bertz CT molecular complexity index is 2040. The number of non-ortho nitro benzene ring substituents is 1. The number of anilines is 2. The van der Waals surface area contributed by atoms with Crippen LogP contribution in [0.3, 0.4) is 0 Å². The van der Waals surface area contributed by atoms with E-state index in [-0.39, 0.29) is 22.8 Å². The predicted octanol–water partition coefficient (Wildman–Crippen LogP) is 4.80. The zero-order valence-corrected chi connectivity index (χ0v) is 24.3. The van der Waals surface area contributed by atoms with Crippen molar-refractivity contribution in [1.82, 2.24) is 9.55 Å². The topological polar surface area (TPSA) is 145 Å². The fraction of sp³-hybridized carbons (Fsp3) is 0.129. The van der Waals surface area contributed by atoms with Crippen LogP contribution in [0.1, 0.15) is 16.4 Å². The van der Waals surface area contributed by atoms with Gasteiger partial charge in [-0.05, 0) is 35.2 Å². The average Bonchev–Trinajstić information content (AvgIpc) is 3.47. The molecule has 2 aliphatic heterocycles. The molecule has 3 amide bonds. The van der Waals surface area contributed by atoms with Crippen molar-refractivity contribution < 1.29 is 19.3 Å². The molecule has 5 aromatic rings. The van der Waals surface area contributed by atoms with Gasteiger partial charge in [-0.15, -0.1) is 0 Å². The molecular formula is C31H21N5O6S2. The van der Waals surface area contributed by atoms with Crippen molar-refractivity contribution in [2.45, 2.75) is 22.7 Å². The third-order valence-electron chi connectivity index (χ3n) is 7.78. The molecule has 0 spiro atoms. The molecule has 2 aromatic heterocycles. The molecule has 1 N–H and O–H groups in total. The highest BCUT2D eigenvalue weighted by molar-refractivity contribution is 8.00. The summed E-state index contributed by atoms with van der Waals surface area (Å²) < 4.78 is 1.36. The third-order valence-corrected chi connectivity index (χ3v) is 10.4. The number of amides is 3. The SMILES string of the molecule is O=C(Cn1c2c(sc1=O)C(c1cccnc1)C1C(=O)N(c3ccc([N+](=O)[O-])cc3)C(=O)C1S2)Nc1cccc2ccccc12. The number of benzene rings is 3. The summed E-state index contributed by atoms with van der Waals surface area (Å²) in [5, 5.41) is 15.4. The number of carbonyl (C=O) groups is 3. The highest BCUT2D eigenvalue weighted by Gasteiger charge is 2.57. The summed E-state index contributed by atoms with van der Waals surface area (Å²) in [5.41, 5.74) is 1.33. The number of rotatable bonds is 6. The summed E-state index contributed by atoms with van der Waals surface area (Å²) in [5.74, 6) is -2.89. The van der Waals surface area contributed by atoms with Crippen LogP contribution in [0.5, 0.6) is 0 Å². The zero-order valence-electron chi connectivity index (χ0n) is 22.7. The van der Waals surface area contributed by atoms with Gasteiger partial charge in [0.05, 0.1) is 21.6 Å². The molecule has 4 heterocycles. The standard InChI is InChI=1S/C31H21N5O6S2/c37-23(33-22-9-3-6-17-5-1-2-8-21(17)22)16-34-30-27(44-31(34)40)24(18-7-4-14-32-15-18)25-26(43-30)29(39)35(28(25)38)19-10-12-20(13-11-19)36(41)42/h1-15,24-26H,16H2,(H,33,37). The maximum absolute atomic E-state index is 13.9. The van der Waals surface area contributed by atoms with E-state index in [0.29, 0.717) is 21.2 Å². The maximum Gasteiger partial charge on any atom is 0.308 e. The largest absolute Gasteiger partial charge is 0.324 e. The van der Waals surface area contributed by atoms with Crippen molar-refractivity contribution >= 4 is 68.7 Å². The molecule has 0 aliphatic carbocycles. The number of aromatic nitrogens is 2. The Kier molecular flexibility index (Phi) is 6.82. The van der Waals surface area contributed by atoms with Crippen molar-refractivity contribution in [1.29, 1.82) is 0 Å². The molecule has 218 valence electrons. The molecular weight excluding hydrogens is 603 g/mol. The smallest absolute Gasteiger partial charge is 0.308 e. The summed E-state index contributed by atoms with van der Waals surface area (Å²) in [4.78, 5) is 70.5. The lowest BCUT2D eigenvalue weighted by Crippen LogP contribution is -2.33. The predicted molar refractivity (Wildman–Crippen MR) is 166 cm³/mol. The van der Waals surface area contributed by atoms with E-state index < -0.39 is 39.7 Å². The van der Waals surface area contributed by atoms with Crippen LogP contribution < -0.4 is 15.1 Å². The Morgan fingerprint density at radius 3 is 2.48 bits per heavy atom. The summed E-state index contributed by atoms with van der Waals surface area (Å²) in [6.07, 6.45) is 3.20. The van der Waals surface area contributed by atoms with Crippen LogP contribution in [0.25, 0.3) is 10.8 Å². The fourth-order valence-electron chi connectivity index (χ4n) is 5.82. The molecule has 2 aliphatic rings.